The number of oxazole rings is 1. The van der Waals surface area contributed by atoms with Crippen molar-refractivity contribution in [3.05, 3.63) is 41.4 Å². The average Bonchev–Trinajstić information content (AvgIpc) is 3.25. The van der Waals surface area contributed by atoms with E-state index >= 15 is 0 Å². The Kier molecular flexibility index (Phi) is 7.34. The molecule has 0 radical (unpaired) electrons. The summed E-state index contributed by atoms with van der Waals surface area (Å²) in [6.07, 6.45) is -4.64. The molecule has 9 nitrogen and oxygen atoms in total. The Morgan fingerprint density at radius 1 is 1.17 bits per heavy atom. The summed E-state index contributed by atoms with van der Waals surface area (Å²) in [7, 11) is 4.55. The van der Waals surface area contributed by atoms with Gasteiger partial charge in [0.05, 0.1) is 19.1 Å². The SMILES string of the molecule is COc1ccc(-c2nc(C(=O)NC[C@@H](C)C(=O)N(C)C)c([C@H](C)N)o2)c2ccc(C(F)(F)F)nc12. The van der Waals surface area contributed by atoms with Crippen LogP contribution in [0.25, 0.3) is 22.4 Å². The molecule has 0 unspecified atom stereocenters. The molecule has 0 aliphatic rings. The third kappa shape index (κ3) is 5.37. The quantitative estimate of drug-likeness (QED) is 0.517. The lowest BCUT2D eigenvalue weighted by molar-refractivity contribution is -0.141. The zero-order chi connectivity index (χ0) is 26.1. The molecule has 0 spiro atoms. The Morgan fingerprint density at radius 2 is 1.86 bits per heavy atom. The normalized spacial score (nSPS) is 13.4. The third-order valence-corrected chi connectivity index (χ3v) is 5.27. The second-order valence-electron chi connectivity index (χ2n) is 8.27. The molecule has 2 atom stereocenters. The summed E-state index contributed by atoms with van der Waals surface area (Å²) in [5, 5.41) is 2.94. The van der Waals surface area contributed by atoms with E-state index in [1.807, 2.05) is 0 Å². The van der Waals surface area contributed by atoms with E-state index in [1.165, 1.54) is 24.1 Å². The van der Waals surface area contributed by atoms with E-state index in [9.17, 15) is 22.8 Å². The van der Waals surface area contributed by atoms with Crippen LogP contribution in [0.15, 0.2) is 28.7 Å². The van der Waals surface area contributed by atoms with E-state index in [0.29, 0.717) is 5.56 Å². The van der Waals surface area contributed by atoms with Gasteiger partial charge in [0.25, 0.3) is 5.91 Å². The number of carbonyl (C=O) groups is 2. The van der Waals surface area contributed by atoms with E-state index in [-0.39, 0.29) is 46.4 Å². The van der Waals surface area contributed by atoms with Crippen LogP contribution < -0.4 is 15.8 Å². The Hall–Kier alpha value is -3.67. The third-order valence-electron chi connectivity index (χ3n) is 5.27. The maximum atomic E-state index is 13.2. The Labute approximate surface area is 199 Å². The molecule has 2 heterocycles. The van der Waals surface area contributed by atoms with Crippen molar-refractivity contribution < 1.29 is 31.9 Å². The standard InChI is InChI=1S/C23H26F3N5O4/c1-11(22(33)31(3)4)10-28-20(32)18-19(12(2)27)35-21(30-18)14-6-8-15(34-5)17-13(14)7-9-16(29-17)23(24,25)26/h6-9,11-12H,10,27H2,1-5H3,(H,28,32)/t11-,12+/m1/s1. The number of ether oxygens (including phenoxy) is 1. The van der Waals surface area contributed by atoms with Crippen molar-refractivity contribution >= 4 is 22.7 Å². The van der Waals surface area contributed by atoms with Crippen molar-refractivity contribution in [2.24, 2.45) is 11.7 Å². The fourth-order valence-electron chi connectivity index (χ4n) is 3.48. The number of nitrogens with one attached hydrogen (secondary N) is 1. The van der Waals surface area contributed by atoms with Gasteiger partial charge >= 0.3 is 6.18 Å². The molecule has 2 aromatic heterocycles. The second-order valence-corrected chi connectivity index (χ2v) is 8.27. The van der Waals surface area contributed by atoms with Gasteiger partial charge in [-0.3, -0.25) is 9.59 Å². The first kappa shape index (κ1) is 25.9. The number of fused-ring (bicyclic) bond motifs is 1. The summed E-state index contributed by atoms with van der Waals surface area (Å²) >= 11 is 0. The number of alkyl halides is 3. The van der Waals surface area contributed by atoms with Crippen LogP contribution in [0, 0.1) is 5.92 Å². The number of rotatable bonds is 7. The monoisotopic (exact) mass is 493 g/mol. The molecule has 188 valence electrons. The highest BCUT2D eigenvalue weighted by Crippen LogP contribution is 2.37. The molecule has 12 heteroatoms. The Balaban J connectivity index is 2.03. The maximum Gasteiger partial charge on any atom is 0.433 e. The molecule has 3 rings (SSSR count). The molecule has 1 aromatic carbocycles. The average molecular weight is 493 g/mol. The van der Waals surface area contributed by atoms with Crippen molar-refractivity contribution in [1.82, 2.24) is 20.2 Å². The number of carbonyl (C=O) groups excluding carboxylic acids is 2. The van der Waals surface area contributed by atoms with Crippen LogP contribution in [0.5, 0.6) is 5.75 Å². The van der Waals surface area contributed by atoms with Gasteiger partial charge in [-0.05, 0) is 31.2 Å². The van der Waals surface area contributed by atoms with Gasteiger partial charge in [-0.15, -0.1) is 0 Å². The van der Waals surface area contributed by atoms with Gasteiger partial charge in [-0.25, -0.2) is 9.97 Å². The van der Waals surface area contributed by atoms with Crippen LogP contribution in [0.2, 0.25) is 0 Å². The van der Waals surface area contributed by atoms with Gasteiger partial charge in [-0.2, -0.15) is 13.2 Å². The molecule has 3 N–H and O–H groups in total. The van der Waals surface area contributed by atoms with Crippen molar-refractivity contribution in [3.63, 3.8) is 0 Å². The molecular formula is C23H26F3N5O4. The number of hydrogen-bond donors (Lipinski definition) is 2. The molecule has 0 bridgehead atoms. The molecule has 0 aliphatic heterocycles. The van der Waals surface area contributed by atoms with Gasteiger partial charge < -0.3 is 25.1 Å². The van der Waals surface area contributed by atoms with Crippen LogP contribution in [-0.2, 0) is 11.0 Å². The lowest BCUT2D eigenvalue weighted by Gasteiger charge is -2.17. The fraction of sp³-hybridized carbons (Fsp3) is 0.391. The van der Waals surface area contributed by atoms with Crippen LogP contribution in [0.3, 0.4) is 0 Å². The summed E-state index contributed by atoms with van der Waals surface area (Å²) in [5.41, 5.74) is 5.09. The Bertz CT molecular complexity index is 1250. The summed E-state index contributed by atoms with van der Waals surface area (Å²) < 4.78 is 50.6. The van der Waals surface area contributed by atoms with Crippen LogP contribution in [0.1, 0.15) is 41.8 Å². The van der Waals surface area contributed by atoms with E-state index in [0.717, 1.165) is 6.07 Å². The van der Waals surface area contributed by atoms with Crippen molar-refractivity contribution in [2.45, 2.75) is 26.1 Å². The predicted octanol–water partition coefficient (Wildman–Crippen LogP) is 3.39. The number of aromatic nitrogens is 2. The molecule has 0 saturated heterocycles. The summed E-state index contributed by atoms with van der Waals surface area (Å²) in [6, 6.07) is 4.36. The maximum absolute atomic E-state index is 13.2. The molecule has 35 heavy (non-hydrogen) atoms. The van der Waals surface area contributed by atoms with Gasteiger partial charge in [0.2, 0.25) is 11.8 Å². The first-order chi connectivity index (χ1) is 16.3. The van der Waals surface area contributed by atoms with Crippen molar-refractivity contribution in [1.29, 1.82) is 0 Å². The lowest BCUT2D eigenvalue weighted by Crippen LogP contribution is -2.37. The highest BCUT2D eigenvalue weighted by Gasteiger charge is 2.33. The minimum absolute atomic E-state index is 0.0194. The lowest BCUT2D eigenvalue weighted by atomic mass is 10.1. The first-order valence-electron chi connectivity index (χ1n) is 10.7. The highest BCUT2D eigenvalue weighted by molar-refractivity contribution is 5.98. The Morgan fingerprint density at radius 3 is 2.43 bits per heavy atom. The van der Waals surface area contributed by atoms with Gasteiger partial charge in [0.15, 0.2) is 11.5 Å². The van der Waals surface area contributed by atoms with Crippen LogP contribution in [0.4, 0.5) is 13.2 Å². The summed E-state index contributed by atoms with van der Waals surface area (Å²) in [5.74, 6) is -1.03. The number of benzene rings is 1. The molecular weight excluding hydrogens is 467 g/mol. The largest absolute Gasteiger partial charge is 0.494 e. The van der Waals surface area contributed by atoms with E-state index in [1.54, 1.807) is 34.0 Å². The summed E-state index contributed by atoms with van der Waals surface area (Å²) in [4.78, 5) is 34.3. The number of pyridine rings is 1. The van der Waals surface area contributed by atoms with Gasteiger partial charge in [-0.1, -0.05) is 6.92 Å². The topological polar surface area (TPSA) is 124 Å². The smallest absolute Gasteiger partial charge is 0.433 e. The first-order valence-corrected chi connectivity index (χ1v) is 10.7. The van der Waals surface area contributed by atoms with E-state index in [2.05, 4.69) is 15.3 Å². The minimum atomic E-state index is -4.64. The molecule has 0 saturated carbocycles. The zero-order valence-electron chi connectivity index (χ0n) is 19.9. The molecule has 2 amide bonds. The van der Waals surface area contributed by atoms with Crippen molar-refractivity contribution in [2.75, 3.05) is 27.7 Å². The van der Waals surface area contributed by atoms with E-state index in [4.69, 9.17) is 14.9 Å². The molecule has 3 aromatic rings. The number of amides is 2. The number of halogens is 3. The van der Waals surface area contributed by atoms with Crippen molar-refractivity contribution in [3.8, 4) is 17.2 Å². The highest BCUT2D eigenvalue weighted by atomic mass is 19.4. The minimum Gasteiger partial charge on any atom is -0.494 e. The number of methoxy groups -OCH3 is 1. The second kappa shape index (κ2) is 9.90. The number of nitrogens with two attached hydrogens (primary N) is 1. The fourth-order valence-corrected chi connectivity index (χ4v) is 3.48. The van der Waals surface area contributed by atoms with Gasteiger partial charge in [0.1, 0.15) is 17.0 Å². The molecule has 0 aliphatic carbocycles. The number of hydrogen-bond acceptors (Lipinski definition) is 7. The van der Waals surface area contributed by atoms with Gasteiger partial charge in [0, 0.05) is 31.6 Å². The molecule has 0 fully saturated rings. The zero-order valence-corrected chi connectivity index (χ0v) is 19.9. The van der Waals surface area contributed by atoms with Crippen LogP contribution in [-0.4, -0.2) is 54.4 Å². The summed E-state index contributed by atoms with van der Waals surface area (Å²) in [6.45, 7) is 3.34. The number of nitrogens with zero attached hydrogens (tertiary/aromatic N) is 3. The van der Waals surface area contributed by atoms with Crippen LogP contribution >= 0.6 is 0 Å². The van der Waals surface area contributed by atoms with E-state index < -0.39 is 29.7 Å². The predicted molar refractivity (Wildman–Crippen MR) is 122 cm³/mol.